The number of fused-ring (bicyclic) bond motifs is 1. The smallest absolute Gasteiger partial charge is 0.151 e. The Morgan fingerprint density at radius 2 is 1.87 bits per heavy atom. The second-order valence-electron chi connectivity index (χ2n) is 4.03. The van der Waals surface area contributed by atoms with Gasteiger partial charge in [-0.1, -0.05) is 24.3 Å². The number of nitrogens with zero attached hydrogens (tertiary/aromatic N) is 2. The number of benzene rings is 1. The van der Waals surface area contributed by atoms with E-state index in [1.165, 1.54) is 11.1 Å². The third-order valence-electron chi connectivity index (χ3n) is 2.86. The molecule has 0 saturated heterocycles. The van der Waals surface area contributed by atoms with Crippen LogP contribution in [0.4, 0.5) is 5.82 Å². The van der Waals surface area contributed by atoms with Gasteiger partial charge in [0, 0.05) is 24.8 Å². The Hall–Kier alpha value is -1.77. The zero-order chi connectivity index (χ0) is 10.3. The molecular formula is C12H13N3. The van der Waals surface area contributed by atoms with Crippen LogP contribution in [-0.2, 0) is 13.1 Å². The summed E-state index contributed by atoms with van der Waals surface area (Å²) < 4.78 is 0. The van der Waals surface area contributed by atoms with Gasteiger partial charge >= 0.3 is 0 Å². The first kappa shape index (κ1) is 8.53. The molecule has 0 amide bonds. The molecule has 3 rings (SSSR count). The number of rotatable bonds is 1. The van der Waals surface area contributed by atoms with E-state index in [1.54, 1.807) is 0 Å². The number of hydrogen-bond donors (Lipinski definition) is 1. The average molecular weight is 199 g/mol. The van der Waals surface area contributed by atoms with Crippen molar-refractivity contribution < 1.29 is 0 Å². The van der Waals surface area contributed by atoms with Gasteiger partial charge in [0.15, 0.2) is 5.82 Å². The Morgan fingerprint density at radius 3 is 2.40 bits per heavy atom. The van der Waals surface area contributed by atoms with Crippen LogP contribution in [0, 0.1) is 6.92 Å². The molecule has 15 heavy (non-hydrogen) atoms. The second kappa shape index (κ2) is 3.12. The highest BCUT2D eigenvalue weighted by Crippen LogP contribution is 2.26. The van der Waals surface area contributed by atoms with Crippen molar-refractivity contribution >= 4 is 5.82 Å². The van der Waals surface area contributed by atoms with Crippen molar-refractivity contribution in [3.8, 4) is 0 Å². The number of aryl methyl sites for hydroxylation is 1. The van der Waals surface area contributed by atoms with Crippen LogP contribution in [0.25, 0.3) is 0 Å². The van der Waals surface area contributed by atoms with Crippen LogP contribution in [0.1, 0.15) is 16.8 Å². The minimum atomic E-state index is 0.973. The maximum atomic E-state index is 4.28. The molecule has 0 fully saturated rings. The maximum Gasteiger partial charge on any atom is 0.151 e. The van der Waals surface area contributed by atoms with E-state index in [0.717, 1.165) is 24.6 Å². The largest absolute Gasteiger partial charge is 0.346 e. The van der Waals surface area contributed by atoms with Crippen LogP contribution in [0.5, 0.6) is 0 Å². The summed E-state index contributed by atoms with van der Waals surface area (Å²) in [5, 5.41) is 7.26. The molecule has 3 heteroatoms. The molecule has 1 N–H and O–H groups in total. The van der Waals surface area contributed by atoms with Crippen molar-refractivity contribution in [2.45, 2.75) is 20.0 Å². The zero-order valence-corrected chi connectivity index (χ0v) is 8.70. The van der Waals surface area contributed by atoms with Gasteiger partial charge in [0.05, 0.1) is 0 Å². The van der Waals surface area contributed by atoms with Crippen LogP contribution in [0.3, 0.4) is 0 Å². The van der Waals surface area contributed by atoms with Crippen molar-refractivity contribution in [2.75, 3.05) is 4.90 Å². The SMILES string of the molecule is Cc1cc(N2Cc3ccccc3C2)n[nH]1. The number of anilines is 1. The van der Waals surface area contributed by atoms with Crippen LogP contribution in [-0.4, -0.2) is 10.2 Å². The van der Waals surface area contributed by atoms with E-state index >= 15 is 0 Å². The van der Waals surface area contributed by atoms with Gasteiger partial charge in [0.25, 0.3) is 0 Å². The van der Waals surface area contributed by atoms with Gasteiger partial charge < -0.3 is 4.90 Å². The molecule has 2 heterocycles. The fraction of sp³-hybridized carbons (Fsp3) is 0.250. The highest BCUT2D eigenvalue weighted by molar-refractivity contribution is 5.47. The Morgan fingerprint density at radius 1 is 1.20 bits per heavy atom. The van der Waals surface area contributed by atoms with Crippen LogP contribution >= 0.6 is 0 Å². The summed E-state index contributed by atoms with van der Waals surface area (Å²) in [7, 11) is 0. The highest BCUT2D eigenvalue weighted by Gasteiger charge is 2.19. The Balaban J connectivity index is 1.90. The molecule has 2 aromatic rings. The Bertz CT molecular complexity index is 462. The first-order chi connectivity index (χ1) is 7.33. The van der Waals surface area contributed by atoms with Crippen molar-refractivity contribution in [3.63, 3.8) is 0 Å². The fourth-order valence-electron chi connectivity index (χ4n) is 2.06. The average Bonchev–Trinajstić information content (AvgIpc) is 2.82. The van der Waals surface area contributed by atoms with Crippen LogP contribution in [0.2, 0.25) is 0 Å². The predicted octanol–water partition coefficient (Wildman–Crippen LogP) is 2.24. The molecule has 0 unspecified atom stereocenters. The first-order valence-electron chi connectivity index (χ1n) is 5.17. The molecule has 0 saturated carbocycles. The monoisotopic (exact) mass is 199 g/mol. The molecule has 1 aliphatic heterocycles. The molecule has 1 aromatic heterocycles. The Kier molecular flexibility index (Phi) is 1.78. The summed E-state index contributed by atoms with van der Waals surface area (Å²) in [6.07, 6.45) is 0. The van der Waals surface area contributed by atoms with Gasteiger partial charge in [-0.3, -0.25) is 5.10 Å². The third-order valence-corrected chi connectivity index (χ3v) is 2.86. The lowest BCUT2D eigenvalue weighted by Crippen LogP contribution is -2.14. The van der Waals surface area contributed by atoms with E-state index in [9.17, 15) is 0 Å². The second-order valence-corrected chi connectivity index (χ2v) is 4.03. The number of nitrogens with one attached hydrogen (secondary N) is 1. The van der Waals surface area contributed by atoms with Gasteiger partial charge in [-0.2, -0.15) is 5.10 Å². The van der Waals surface area contributed by atoms with Gasteiger partial charge in [-0.05, 0) is 18.1 Å². The van der Waals surface area contributed by atoms with E-state index in [4.69, 9.17) is 0 Å². The summed E-state index contributed by atoms with van der Waals surface area (Å²) in [5.74, 6) is 1.05. The fourth-order valence-corrected chi connectivity index (χ4v) is 2.06. The lowest BCUT2D eigenvalue weighted by atomic mass is 10.1. The summed E-state index contributed by atoms with van der Waals surface area (Å²) in [4.78, 5) is 2.29. The molecule has 76 valence electrons. The van der Waals surface area contributed by atoms with Crippen molar-refractivity contribution in [2.24, 2.45) is 0 Å². The first-order valence-corrected chi connectivity index (χ1v) is 5.17. The molecule has 0 spiro atoms. The number of aromatic nitrogens is 2. The summed E-state index contributed by atoms with van der Waals surface area (Å²) >= 11 is 0. The highest BCUT2D eigenvalue weighted by atomic mass is 15.3. The van der Waals surface area contributed by atoms with E-state index in [2.05, 4.69) is 45.4 Å². The van der Waals surface area contributed by atoms with E-state index in [0.29, 0.717) is 0 Å². The van der Waals surface area contributed by atoms with Crippen LogP contribution < -0.4 is 4.90 Å². The number of H-pyrrole nitrogens is 1. The molecule has 0 aliphatic carbocycles. The number of hydrogen-bond acceptors (Lipinski definition) is 2. The quantitative estimate of drug-likeness (QED) is 0.763. The van der Waals surface area contributed by atoms with Crippen LogP contribution in [0.15, 0.2) is 30.3 Å². The van der Waals surface area contributed by atoms with Gasteiger partial charge in [0.2, 0.25) is 0 Å². The molecule has 0 radical (unpaired) electrons. The molecular weight excluding hydrogens is 186 g/mol. The lowest BCUT2D eigenvalue weighted by Gasteiger charge is -2.12. The Labute approximate surface area is 88.7 Å². The van der Waals surface area contributed by atoms with E-state index < -0.39 is 0 Å². The van der Waals surface area contributed by atoms with Crippen molar-refractivity contribution in [1.29, 1.82) is 0 Å². The topological polar surface area (TPSA) is 31.9 Å². The summed E-state index contributed by atoms with van der Waals surface area (Å²) in [6.45, 7) is 3.97. The van der Waals surface area contributed by atoms with Crippen molar-refractivity contribution in [3.05, 3.63) is 47.2 Å². The summed E-state index contributed by atoms with van der Waals surface area (Å²) in [5.41, 5.74) is 3.94. The minimum absolute atomic E-state index is 0.973. The maximum absolute atomic E-state index is 4.28. The summed E-state index contributed by atoms with van der Waals surface area (Å²) in [6, 6.07) is 10.7. The number of aromatic amines is 1. The van der Waals surface area contributed by atoms with Crippen molar-refractivity contribution in [1.82, 2.24) is 10.2 Å². The molecule has 3 nitrogen and oxygen atoms in total. The van der Waals surface area contributed by atoms with Gasteiger partial charge in [0.1, 0.15) is 0 Å². The van der Waals surface area contributed by atoms with Gasteiger partial charge in [-0.15, -0.1) is 0 Å². The molecule has 1 aliphatic rings. The molecule has 1 aromatic carbocycles. The lowest BCUT2D eigenvalue weighted by molar-refractivity contribution is 0.847. The molecule has 0 bridgehead atoms. The third kappa shape index (κ3) is 1.40. The normalized spacial score (nSPS) is 14.3. The molecule has 0 atom stereocenters. The predicted molar refractivity (Wildman–Crippen MR) is 59.7 cm³/mol. The van der Waals surface area contributed by atoms with E-state index in [-0.39, 0.29) is 0 Å². The van der Waals surface area contributed by atoms with Gasteiger partial charge in [-0.25, -0.2) is 0 Å². The zero-order valence-electron chi connectivity index (χ0n) is 8.70. The minimum Gasteiger partial charge on any atom is -0.346 e. The standard InChI is InChI=1S/C12H13N3/c1-9-6-12(14-13-9)15-7-10-4-2-3-5-11(10)8-15/h2-6H,7-8H2,1H3,(H,13,14). The van der Waals surface area contributed by atoms with E-state index in [1.807, 2.05) is 6.92 Å².